The summed E-state index contributed by atoms with van der Waals surface area (Å²) in [6, 6.07) is 13.4. The Morgan fingerprint density at radius 3 is 2.34 bits per heavy atom. The molecule has 2 saturated heterocycles. The molecule has 32 heavy (non-hydrogen) atoms. The number of carbonyl (C=O) groups is 1. The van der Waals surface area contributed by atoms with Crippen LogP contribution in [0.2, 0.25) is 0 Å². The lowest BCUT2D eigenvalue weighted by Gasteiger charge is -2.38. The number of sulfonamides is 1. The van der Waals surface area contributed by atoms with Gasteiger partial charge >= 0.3 is 0 Å². The number of piperidine rings is 1. The number of aromatic nitrogens is 1. The van der Waals surface area contributed by atoms with E-state index in [1.807, 2.05) is 47.5 Å². The summed E-state index contributed by atoms with van der Waals surface area (Å²) in [4.78, 5) is 21.5. The monoisotopic (exact) mass is 454 g/mol. The number of hydrogen-bond donors (Lipinski definition) is 0. The average Bonchev–Trinajstić information content (AvgIpc) is 2.84. The molecule has 0 unspecified atom stereocenters. The molecule has 2 fully saturated rings. The van der Waals surface area contributed by atoms with E-state index in [1.165, 1.54) is 15.3 Å². The van der Waals surface area contributed by atoms with Crippen LogP contribution >= 0.6 is 0 Å². The van der Waals surface area contributed by atoms with Gasteiger partial charge in [0.1, 0.15) is 0 Å². The van der Waals surface area contributed by atoms with Crippen molar-refractivity contribution in [1.82, 2.24) is 19.1 Å². The molecule has 0 radical (unpaired) electrons. The van der Waals surface area contributed by atoms with Gasteiger partial charge in [-0.2, -0.15) is 4.31 Å². The highest BCUT2D eigenvalue weighted by Crippen LogP contribution is 2.23. The van der Waals surface area contributed by atoms with Crippen LogP contribution < -0.4 is 0 Å². The van der Waals surface area contributed by atoms with Gasteiger partial charge in [-0.15, -0.1) is 0 Å². The second-order valence-electron chi connectivity index (χ2n) is 8.39. The van der Waals surface area contributed by atoms with E-state index >= 15 is 0 Å². The fourth-order valence-electron chi connectivity index (χ4n) is 4.31. The van der Waals surface area contributed by atoms with Crippen molar-refractivity contribution in [3.8, 4) is 0 Å². The molecule has 0 spiro atoms. The number of amides is 1. The van der Waals surface area contributed by atoms with Crippen molar-refractivity contribution in [2.45, 2.75) is 19.4 Å². The van der Waals surface area contributed by atoms with Crippen molar-refractivity contribution in [3.05, 3.63) is 71.4 Å². The average molecular weight is 455 g/mol. The van der Waals surface area contributed by atoms with Crippen LogP contribution in [0.15, 0.2) is 60.3 Å². The minimum atomic E-state index is -3.48. The van der Waals surface area contributed by atoms with Crippen LogP contribution in [0.4, 0.5) is 0 Å². The van der Waals surface area contributed by atoms with E-state index < -0.39 is 10.0 Å². The van der Waals surface area contributed by atoms with Gasteiger partial charge in [-0.25, -0.2) is 8.42 Å². The van der Waals surface area contributed by atoms with Crippen molar-refractivity contribution in [2.24, 2.45) is 5.92 Å². The van der Waals surface area contributed by atoms with Crippen LogP contribution in [0.5, 0.6) is 0 Å². The SMILES string of the molecule is O=C(C1CCN(S(=O)(=O)/C=C/c2ccccc2)CC1)N1CCN(Cc2cccnc2)CC1. The third kappa shape index (κ3) is 5.82. The van der Waals surface area contributed by atoms with Gasteiger partial charge in [-0.05, 0) is 36.1 Å². The van der Waals surface area contributed by atoms with Crippen molar-refractivity contribution in [1.29, 1.82) is 0 Å². The highest BCUT2D eigenvalue weighted by Gasteiger charge is 2.33. The summed E-state index contributed by atoms with van der Waals surface area (Å²) in [6.45, 7) is 4.76. The lowest BCUT2D eigenvalue weighted by atomic mass is 9.96. The Labute approximate surface area is 190 Å². The second-order valence-corrected chi connectivity index (χ2v) is 10.2. The molecule has 1 aromatic carbocycles. The molecule has 2 aromatic rings. The van der Waals surface area contributed by atoms with Crippen molar-refractivity contribution < 1.29 is 13.2 Å². The van der Waals surface area contributed by atoms with Crippen LogP contribution in [0.25, 0.3) is 6.08 Å². The predicted octanol–water partition coefficient (Wildman–Crippen LogP) is 2.44. The summed E-state index contributed by atoms with van der Waals surface area (Å²) < 4.78 is 26.8. The molecule has 7 nitrogen and oxygen atoms in total. The van der Waals surface area contributed by atoms with Crippen LogP contribution in [-0.4, -0.2) is 72.7 Å². The molecule has 0 N–H and O–H groups in total. The Morgan fingerprint density at radius 2 is 1.69 bits per heavy atom. The van der Waals surface area contributed by atoms with Crippen LogP contribution in [0.3, 0.4) is 0 Å². The van der Waals surface area contributed by atoms with Gasteiger partial charge in [0, 0.05) is 69.5 Å². The summed E-state index contributed by atoms with van der Waals surface area (Å²) in [5, 5.41) is 1.27. The number of pyridine rings is 1. The number of carbonyl (C=O) groups excluding carboxylic acids is 1. The number of rotatable bonds is 6. The van der Waals surface area contributed by atoms with E-state index in [9.17, 15) is 13.2 Å². The maximum absolute atomic E-state index is 13.0. The van der Waals surface area contributed by atoms with E-state index in [-0.39, 0.29) is 11.8 Å². The third-order valence-corrected chi connectivity index (χ3v) is 7.77. The Balaban J connectivity index is 1.24. The fraction of sp³-hybridized carbons (Fsp3) is 0.417. The maximum Gasteiger partial charge on any atom is 0.236 e. The fourth-order valence-corrected chi connectivity index (χ4v) is 5.53. The first-order valence-electron chi connectivity index (χ1n) is 11.1. The first-order chi connectivity index (χ1) is 15.5. The van der Waals surface area contributed by atoms with E-state index in [4.69, 9.17) is 0 Å². The molecule has 0 bridgehead atoms. The van der Waals surface area contributed by atoms with E-state index in [1.54, 1.807) is 12.3 Å². The zero-order chi connectivity index (χ0) is 22.4. The molecule has 0 aliphatic carbocycles. The normalized spacial score (nSPS) is 19.4. The van der Waals surface area contributed by atoms with Gasteiger partial charge in [-0.1, -0.05) is 36.4 Å². The lowest BCUT2D eigenvalue weighted by Crippen LogP contribution is -2.51. The van der Waals surface area contributed by atoms with Gasteiger partial charge in [0.15, 0.2) is 0 Å². The number of nitrogens with zero attached hydrogens (tertiary/aromatic N) is 4. The first-order valence-corrected chi connectivity index (χ1v) is 12.6. The van der Waals surface area contributed by atoms with Gasteiger partial charge in [0.25, 0.3) is 0 Å². The summed E-state index contributed by atoms with van der Waals surface area (Å²) in [6.07, 6.45) is 6.43. The Bertz CT molecular complexity index is 1010. The van der Waals surface area contributed by atoms with Gasteiger partial charge in [-0.3, -0.25) is 14.7 Å². The van der Waals surface area contributed by atoms with E-state index in [0.29, 0.717) is 25.9 Å². The largest absolute Gasteiger partial charge is 0.340 e. The molecule has 0 atom stereocenters. The summed E-state index contributed by atoms with van der Waals surface area (Å²) in [5.74, 6) is 0.0762. The highest BCUT2D eigenvalue weighted by atomic mass is 32.2. The summed E-state index contributed by atoms with van der Waals surface area (Å²) >= 11 is 0. The zero-order valence-electron chi connectivity index (χ0n) is 18.2. The molecule has 2 aliphatic heterocycles. The standard InChI is InChI=1S/C24H30N4O3S/c29-24(27-16-14-26(15-17-27)20-22-7-4-11-25-19-22)23-8-12-28(13-9-23)32(30,31)18-10-21-5-2-1-3-6-21/h1-7,10-11,18-19,23H,8-9,12-17,20H2/b18-10+. The lowest BCUT2D eigenvalue weighted by molar-refractivity contribution is -0.138. The third-order valence-electron chi connectivity index (χ3n) is 6.21. The van der Waals surface area contributed by atoms with Crippen molar-refractivity contribution in [2.75, 3.05) is 39.3 Å². The van der Waals surface area contributed by atoms with Gasteiger partial charge < -0.3 is 4.90 Å². The van der Waals surface area contributed by atoms with E-state index in [2.05, 4.69) is 16.0 Å². The molecular formula is C24H30N4O3S. The zero-order valence-corrected chi connectivity index (χ0v) is 19.0. The Kier molecular flexibility index (Phi) is 7.34. The topological polar surface area (TPSA) is 73.8 Å². The molecule has 170 valence electrons. The summed E-state index contributed by atoms with van der Waals surface area (Å²) in [5.41, 5.74) is 2.03. The van der Waals surface area contributed by atoms with Crippen molar-refractivity contribution in [3.63, 3.8) is 0 Å². The van der Waals surface area contributed by atoms with E-state index in [0.717, 1.165) is 38.3 Å². The molecular weight excluding hydrogens is 424 g/mol. The molecule has 4 rings (SSSR count). The summed E-state index contributed by atoms with van der Waals surface area (Å²) in [7, 11) is -3.48. The molecule has 8 heteroatoms. The van der Waals surface area contributed by atoms with Crippen molar-refractivity contribution >= 4 is 22.0 Å². The Hall–Kier alpha value is -2.55. The number of hydrogen-bond acceptors (Lipinski definition) is 5. The quantitative estimate of drug-likeness (QED) is 0.670. The van der Waals surface area contributed by atoms with Crippen LogP contribution in [0.1, 0.15) is 24.0 Å². The predicted molar refractivity (Wildman–Crippen MR) is 125 cm³/mol. The molecule has 1 amide bonds. The number of benzene rings is 1. The molecule has 0 saturated carbocycles. The molecule has 3 heterocycles. The molecule has 1 aromatic heterocycles. The smallest absolute Gasteiger partial charge is 0.236 e. The Morgan fingerprint density at radius 1 is 0.969 bits per heavy atom. The van der Waals surface area contributed by atoms with Crippen LogP contribution in [-0.2, 0) is 21.4 Å². The van der Waals surface area contributed by atoms with Gasteiger partial charge in [0.2, 0.25) is 15.9 Å². The number of piperazine rings is 1. The maximum atomic E-state index is 13.0. The van der Waals surface area contributed by atoms with Crippen LogP contribution in [0, 0.1) is 5.92 Å². The minimum absolute atomic E-state index is 0.0931. The second kappa shape index (κ2) is 10.4. The van der Waals surface area contributed by atoms with Gasteiger partial charge in [0.05, 0.1) is 0 Å². The molecule has 2 aliphatic rings. The first kappa shape index (κ1) is 22.6. The highest BCUT2D eigenvalue weighted by molar-refractivity contribution is 7.92. The minimum Gasteiger partial charge on any atom is -0.340 e.